The van der Waals surface area contributed by atoms with Crippen molar-refractivity contribution < 1.29 is 17.5 Å². The van der Waals surface area contributed by atoms with Crippen molar-refractivity contribution in [2.24, 2.45) is 0 Å². The highest BCUT2D eigenvalue weighted by molar-refractivity contribution is 7.89. The van der Waals surface area contributed by atoms with Gasteiger partial charge in [-0.3, -0.25) is 0 Å². The van der Waals surface area contributed by atoms with Crippen LogP contribution in [-0.4, -0.2) is 68.7 Å². The summed E-state index contributed by atoms with van der Waals surface area (Å²) in [6, 6.07) is 5.45. The maximum absolute atomic E-state index is 13.8. The Morgan fingerprint density at radius 2 is 1.96 bits per heavy atom. The number of nitrogens with zero attached hydrogens (tertiary/aromatic N) is 2. The van der Waals surface area contributed by atoms with E-state index >= 15 is 0 Å². The molecule has 25 heavy (non-hydrogen) atoms. The Balaban J connectivity index is 1.85. The zero-order valence-electron chi connectivity index (χ0n) is 14.3. The summed E-state index contributed by atoms with van der Waals surface area (Å²) in [6.07, 6.45) is 0.857. The number of benzene rings is 1. The van der Waals surface area contributed by atoms with Crippen molar-refractivity contribution in [1.82, 2.24) is 14.5 Å². The van der Waals surface area contributed by atoms with Crippen LogP contribution in [0.3, 0.4) is 0 Å². The van der Waals surface area contributed by atoms with Crippen LogP contribution in [-0.2, 0) is 14.8 Å². The van der Waals surface area contributed by atoms with Gasteiger partial charge in [0.15, 0.2) is 5.11 Å². The van der Waals surface area contributed by atoms with Crippen molar-refractivity contribution in [2.45, 2.75) is 18.2 Å². The van der Waals surface area contributed by atoms with Crippen LogP contribution in [0.1, 0.15) is 13.3 Å². The van der Waals surface area contributed by atoms with Gasteiger partial charge in [0, 0.05) is 45.9 Å². The van der Waals surface area contributed by atoms with E-state index in [2.05, 4.69) is 5.32 Å². The maximum Gasteiger partial charge on any atom is 0.246 e. The van der Waals surface area contributed by atoms with E-state index in [0.717, 1.165) is 12.5 Å². The van der Waals surface area contributed by atoms with Crippen LogP contribution in [0.25, 0.3) is 0 Å². The summed E-state index contributed by atoms with van der Waals surface area (Å²) in [4.78, 5) is 1.66. The first-order chi connectivity index (χ1) is 12.0. The number of hydrogen-bond donors (Lipinski definition) is 1. The Kier molecular flexibility index (Phi) is 7.55. The van der Waals surface area contributed by atoms with Crippen LogP contribution in [0.15, 0.2) is 29.2 Å². The van der Waals surface area contributed by atoms with Gasteiger partial charge in [-0.15, -0.1) is 0 Å². The van der Waals surface area contributed by atoms with Gasteiger partial charge < -0.3 is 15.0 Å². The smallest absolute Gasteiger partial charge is 0.246 e. The summed E-state index contributed by atoms with van der Waals surface area (Å²) < 4.78 is 45.5. The van der Waals surface area contributed by atoms with Gasteiger partial charge in [-0.05, 0) is 37.7 Å². The average Bonchev–Trinajstić information content (AvgIpc) is 2.61. The minimum atomic E-state index is -3.82. The van der Waals surface area contributed by atoms with Crippen LogP contribution >= 0.6 is 12.2 Å². The molecule has 6 nitrogen and oxygen atoms in total. The van der Waals surface area contributed by atoms with E-state index in [4.69, 9.17) is 17.0 Å². The molecule has 0 aliphatic carbocycles. The number of halogens is 1. The number of piperazine rings is 1. The fraction of sp³-hybridized carbons (Fsp3) is 0.562. The Hall–Kier alpha value is -1.29. The molecule has 1 aliphatic heterocycles. The lowest BCUT2D eigenvalue weighted by molar-refractivity contribution is 0.145. The van der Waals surface area contributed by atoms with Crippen LogP contribution in [0.2, 0.25) is 0 Å². The van der Waals surface area contributed by atoms with Gasteiger partial charge in [0.2, 0.25) is 10.0 Å². The number of sulfonamides is 1. The van der Waals surface area contributed by atoms with E-state index in [9.17, 15) is 12.8 Å². The first-order valence-electron chi connectivity index (χ1n) is 8.32. The van der Waals surface area contributed by atoms with Crippen LogP contribution in [0, 0.1) is 5.82 Å². The molecule has 1 fully saturated rings. The van der Waals surface area contributed by atoms with Crippen molar-refractivity contribution in [2.75, 3.05) is 45.9 Å². The second-order valence-corrected chi connectivity index (χ2v) is 7.90. The summed E-state index contributed by atoms with van der Waals surface area (Å²) >= 11 is 5.34. The van der Waals surface area contributed by atoms with E-state index in [1.165, 1.54) is 22.5 Å². The molecule has 0 saturated carbocycles. The predicted molar refractivity (Wildman–Crippen MR) is 98.4 cm³/mol. The number of ether oxygens (including phenoxy) is 1. The lowest BCUT2D eigenvalue weighted by Gasteiger charge is -2.35. The summed E-state index contributed by atoms with van der Waals surface area (Å²) in [7, 11) is -3.82. The minimum absolute atomic E-state index is 0.275. The van der Waals surface area contributed by atoms with Crippen molar-refractivity contribution in [3.63, 3.8) is 0 Å². The first kappa shape index (κ1) is 20.0. The molecule has 9 heteroatoms. The normalized spacial score (nSPS) is 16.0. The molecule has 0 aromatic heterocycles. The summed E-state index contributed by atoms with van der Waals surface area (Å²) in [5.74, 6) is -0.726. The molecule has 0 unspecified atom stereocenters. The third kappa shape index (κ3) is 5.34. The molecule has 0 radical (unpaired) electrons. The SMILES string of the molecule is CCOCCCNC(=S)N1CCN(S(=O)(=O)c2ccccc2F)CC1. The van der Waals surface area contributed by atoms with Gasteiger partial charge in [0.25, 0.3) is 0 Å². The zero-order chi connectivity index (χ0) is 18.3. The highest BCUT2D eigenvalue weighted by atomic mass is 32.2. The molecule has 0 bridgehead atoms. The van der Waals surface area contributed by atoms with Crippen molar-refractivity contribution >= 4 is 27.4 Å². The van der Waals surface area contributed by atoms with E-state index < -0.39 is 15.8 Å². The monoisotopic (exact) mass is 389 g/mol. The predicted octanol–water partition coefficient (Wildman–Crippen LogP) is 1.43. The van der Waals surface area contributed by atoms with Crippen molar-refractivity contribution in [3.8, 4) is 0 Å². The fourth-order valence-corrected chi connectivity index (χ4v) is 4.32. The standard InChI is InChI=1S/C16H24FN3O3S2/c1-2-23-13-5-8-18-16(24)19-9-11-20(12-10-19)25(21,22)15-7-4-3-6-14(15)17/h3-4,6-7H,2,5,8-13H2,1H3,(H,18,24). The van der Waals surface area contributed by atoms with Gasteiger partial charge in [-0.2, -0.15) is 4.31 Å². The lowest BCUT2D eigenvalue weighted by Crippen LogP contribution is -2.53. The highest BCUT2D eigenvalue weighted by Gasteiger charge is 2.30. The van der Waals surface area contributed by atoms with E-state index in [1.54, 1.807) is 0 Å². The van der Waals surface area contributed by atoms with E-state index in [0.29, 0.717) is 38.0 Å². The van der Waals surface area contributed by atoms with Gasteiger partial charge >= 0.3 is 0 Å². The number of rotatable bonds is 7. The molecule has 1 N–H and O–H groups in total. The summed E-state index contributed by atoms with van der Waals surface area (Å²) in [5.41, 5.74) is 0. The van der Waals surface area contributed by atoms with Gasteiger partial charge in [0.1, 0.15) is 10.7 Å². The van der Waals surface area contributed by atoms with Crippen LogP contribution in [0.5, 0.6) is 0 Å². The van der Waals surface area contributed by atoms with E-state index in [1.807, 2.05) is 11.8 Å². The van der Waals surface area contributed by atoms with Gasteiger partial charge in [-0.1, -0.05) is 12.1 Å². The molecule has 1 aliphatic rings. The molecule has 140 valence electrons. The molecule has 1 aromatic rings. The second-order valence-electron chi connectivity index (χ2n) is 5.60. The molecule has 1 heterocycles. The van der Waals surface area contributed by atoms with Gasteiger partial charge in [0.05, 0.1) is 0 Å². The molecule has 2 rings (SSSR count). The Morgan fingerprint density at radius 1 is 1.28 bits per heavy atom. The average molecular weight is 390 g/mol. The second kappa shape index (κ2) is 9.42. The van der Waals surface area contributed by atoms with Crippen LogP contribution in [0.4, 0.5) is 4.39 Å². The topological polar surface area (TPSA) is 61.9 Å². The number of hydrogen-bond acceptors (Lipinski definition) is 4. The third-order valence-corrected chi connectivity index (χ3v) is 6.26. The number of thiocarbonyl (C=S) groups is 1. The summed E-state index contributed by atoms with van der Waals surface area (Å²) in [5, 5.41) is 3.77. The lowest BCUT2D eigenvalue weighted by atomic mass is 10.3. The third-order valence-electron chi connectivity index (χ3n) is 3.93. The van der Waals surface area contributed by atoms with Gasteiger partial charge in [-0.25, -0.2) is 12.8 Å². The quantitative estimate of drug-likeness (QED) is 0.562. The molecular weight excluding hydrogens is 365 g/mol. The van der Waals surface area contributed by atoms with Crippen molar-refractivity contribution in [3.05, 3.63) is 30.1 Å². The molecule has 0 amide bonds. The Morgan fingerprint density at radius 3 is 2.60 bits per heavy atom. The first-order valence-corrected chi connectivity index (χ1v) is 10.2. The molecular formula is C16H24FN3O3S2. The number of nitrogens with one attached hydrogen (secondary N) is 1. The highest BCUT2D eigenvalue weighted by Crippen LogP contribution is 2.20. The largest absolute Gasteiger partial charge is 0.382 e. The maximum atomic E-state index is 13.8. The summed E-state index contributed by atoms with van der Waals surface area (Å²) in [6.45, 7) is 5.55. The fourth-order valence-electron chi connectivity index (χ4n) is 2.55. The molecule has 1 aromatic carbocycles. The molecule has 1 saturated heterocycles. The van der Waals surface area contributed by atoms with Crippen molar-refractivity contribution in [1.29, 1.82) is 0 Å². The molecule has 0 atom stereocenters. The minimum Gasteiger partial charge on any atom is -0.382 e. The Labute approximate surface area is 154 Å². The van der Waals surface area contributed by atoms with Crippen LogP contribution < -0.4 is 5.32 Å². The zero-order valence-corrected chi connectivity index (χ0v) is 15.9. The van der Waals surface area contributed by atoms with E-state index in [-0.39, 0.29) is 18.0 Å². The molecule has 0 spiro atoms. The Bertz CT molecular complexity index is 677.